The van der Waals surface area contributed by atoms with Crippen molar-refractivity contribution in [3.63, 3.8) is 0 Å². The molecule has 2 aromatic rings. The fourth-order valence-electron chi connectivity index (χ4n) is 1.44. The molecule has 0 aromatic heterocycles. The molecule has 0 spiro atoms. The van der Waals surface area contributed by atoms with Gasteiger partial charge in [0.05, 0.1) is 9.50 Å². The monoisotopic (exact) mass is 344 g/mol. The Balaban J connectivity index is 2.42. The van der Waals surface area contributed by atoms with Crippen LogP contribution >= 0.6 is 27.5 Å². The highest BCUT2D eigenvalue weighted by atomic mass is 79.9. The molecule has 0 bridgehead atoms. The highest BCUT2D eigenvalue weighted by Crippen LogP contribution is 2.34. The van der Waals surface area contributed by atoms with E-state index in [1.807, 2.05) is 0 Å². The SMILES string of the molecule is O=C(O)c1cccc(Cl)c1Oc1ccc(Br)c(F)c1. The van der Waals surface area contributed by atoms with E-state index < -0.39 is 11.8 Å². The van der Waals surface area contributed by atoms with Gasteiger partial charge in [-0.25, -0.2) is 9.18 Å². The second-order valence-electron chi connectivity index (χ2n) is 3.60. The standard InChI is InChI=1S/C13H7BrClFO3/c14-9-5-4-7(6-11(9)16)19-12-8(13(17)18)2-1-3-10(12)15/h1-6H,(H,17,18). The molecule has 0 saturated carbocycles. The van der Waals surface area contributed by atoms with E-state index >= 15 is 0 Å². The van der Waals surface area contributed by atoms with Crippen LogP contribution in [0.2, 0.25) is 5.02 Å². The van der Waals surface area contributed by atoms with Gasteiger partial charge in [0, 0.05) is 6.07 Å². The van der Waals surface area contributed by atoms with Gasteiger partial charge in [0.25, 0.3) is 0 Å². The summed E-state index contributed by atoms with van der Waals surface area (Å²) in [6, 6.07) is 8.46. The topological polar surface area (TPSA) is 46.5 Å². The van der Waals surface area contributed by atoms with Gasteiger partial charge in [-0.3, -0.25) is 0 Å². The average molecular weight is 346 g/mol. The zero-order valence-corrected chi connectivity index (χ0v) is 11.7. The van der Waals surface area contributed by atoms with Crippen LogP contribution in [0, 0.1) is 5.82 Å². The molecule has 98 valence electrons. The molecule has 2 rings (SSSR count). The van der Waals surface area contributed by atoms with Gasteiger partial charge in [0.1, 0.15) is 17.1 Å². The van der Waals surface area contributed by atoms with Crippen molar-refractivity contribution in [3.05, 3.63) is 57.3 Å². The Hall–Kier alpha value is -1.59. The van der Waals surface area contributed by atoms with E-state index in [0.717, 1.165) is 6.07 Å². The predicted molar refractivity (Wildman–Crippen MR) is 72.6 cm³/mol. The maximum atomic E-state index is 13.4. The molecular weight excluding hydrogens is 338 g/mol. The molecule has 0 aliphatic carbocycles. The lowest BCUT2D eigenvalue weighted by atomic mass is 10.2. The van der Waals surface area contributed by atoms with Crippen molar-refractivity contribution >= 4 is 33.5 Å². The number of carboxylic acids is 1. The summed E-state index contributed by atoms with van der Waals surface area (Å²) in [6.07, 6.45) is 0. The van der Waals surface area contributed by atoms with Crippen LogP contribution in [-0.4, -0.2) is 11.1 Å². The van der Waals surface area contributed by atoms with Crippen molar-refractivity contribution in [2.45, 2.75) is 0 Å². The Labute approximate surface area is 121 Å². The number of para-hydroxylation sites is 1. The van der Waals surface area contributed by atoms with Crippen LogP contribution in [0.25, 0.3) is 0 Å². The molecule has 0 heterocycles. The number of rotatable bonds is 3. The highest BCUT2D eigenvalue weighted by Gasteiger charge is 2.15. The minimum absolute atomic E-state index is 0.0154. The van der Waals surface area contributed by atoms with Crippen molar-refractivity contribution in [1.29, 1.82) is 0 Å². The van der Waals surface area contributed by atoms with Gasteiger partial charge in [0.15, 0.2) is 5.75 Å². The molecule has 0 radical (unpaired) electrons. The Bertz CT molecular complexity index is 646. The molecule has 19 heavy (non-hydrogen) atoms. The van der Waals surface area contributed by atoms with E-state index in [2.05, 4.69) is 15.9 Å². The van der Waals surface area contributed by atoms with E-state index in [1.165, 1.54) is 30.3 Å². The smallest absolute Gasteiger partial charge is 0.339 e. The van der Waals surface area contributed by atoms with Gasteiger partial charge in [-0.15, -0.1) is 0 Å². The molecule has 2 aromatic carbocycles. The molecule has 6 heteroatoms. The fraction of sp³-hybridized carbons (Fsp3) is 0. The first-order valence-electron chi connectivity index (χ1n) is 5.13. The summed E-state index contributed by atoms with van der Waals surface area (Å²) in [6.45, 7) is 0. The lowest BCUT2D eigenvalue weighted by Gasteiger charge is -2.10. The van der Waals surface area contributed by atoms with E-state index in [0.29, 0.717) is 0 Å². The van der Waals surface area contributed by atoms with Crippen LogP contribution in [-0.2, 0) is 0 Å². The first-order valence-corrected chi connectivity index (χ1v) is 6.31. The maximum absolute atomic E-state index is 13.4. The minimum atomic E-state index is -1.17. The van der Waals surface area contributed by atoms with E-state index in [-0.39, 0.29) is 26.6 Å². The maximum Gasteiger partial charge on any atom is 0.339 e. The third-order valence-corrected chi connectivity index (χ3v) is 3.25. The van der Waals surface area contributed by atoms with Crippen molar-refractivity contribution in [3.8, 4) is 11.5 Å². The zero-order chi connectivity index (χ0) is 14.0. The Morgan fingerprint density at radius 1 is 1.32 bits per heavy atom. The molecule has 3 nitrogen and oxygen atoms in total. The van der Waals surface area contributed by atoms with Gasteiger partial charge in [0.2, 0.25) is 0 Å². The summed E-state index contributed by atoms with van der Waals surface area (Å²) < 4.78 is 19.0. The lowest BCUT2D eigenvalue weighted by molar-refractivity contribution is 0.0694. The Morgan fingerprint density at radius 3 is 2.68 bits per heavy atom. The van der Waals surface area contributed by atoms with Gasteiger partial charge in [-0.2, -0.15) is 0 Å². The predicted octanol–water partition coefficient (Wildman–Crippen LogP) is 4.73. The number of hydrogen-bond donors (Lipinski definition) is 1. The molecule has 0 unspecified atom stereocenters. The molecule has 1 N–H and O–H groups in total. The zero-order valence-electron chi connectivity index (χ0n) is 9.36. The van der Waals surface area contributed by atoms with Crippen molar-refractivity contribution in [2.24, 2.45) is 0 Å². The molecular formula is C13H7BrClFO3. The molecule has 0 aliphatic rings. The third-order valence-electron chi connectivity index (χ3n) is 2.31. The molecule has 0 aliphatic heterocycles. The molecule has 0 fully saturated rings. The number of benzene rings is 2. The summed E-state index contributed by atoms with van der Waals surface area (Å²) in [7, 11) is 0. The molecule has 0 saturated heterocycles. The number of carbonyl (C=O) groups is 1. The number of hydrogen-bond acceptors (Lipinski definition) is 2. The van der Waals surface area contributed by atoms with Gasteiger partial charge in [-0.1, -0.05) is 17.7 Å². The Morgan fingerprint density at radius 2 is 2.05 bits per heavy atom. The quantitative estimate of drug-likeness (QED) is 0.874. The van der Waals surface area contributed by atoms with Gasteiger partial charge >= 0.3 is 5.97 Å². The molecule has 0 amide bonds. The first kappa shape index (κ1) is 13.8. The van der Waals surface area contributed by atoms with Crippen molar-refractivity contribution < 1.29 is 19.0 Å². The second kappa shape index (κ2) is 5.59. The van der Waals surface area contributed by atoms with Crippen LogP contribution in [0.3, 0.4) is 0 Å². The summed E-state index contributed by atoms with van der Waals surface area (Å²) in [4.78, 5) is 11.1. The van der Waals surface area contributed by atoms with Gasteiger partial charge in [-0.05, 0) is 40.2 Å². The van der Waals surface area contributed by atoms with Crippen LogP contribution in [0.1, 0.15) is 10.4 Å². The van der Waals surface area contributed by atoms with Crippen LogP contribution < -0.4 is 4.74 Å². The largest absolute Gasteiger partial charge is 0.478 e. The Kier molecular flexibility index (Phi) is 4.07. The lowest BCUT2D eigenvalue weighted by Crippen LogP contribution is -2.00. The fourth-order valence-corrected chi connectivity index (χ4v) is 1.90. The number of aromatic carboxylic acids is 1. The average Bonchev–Trinajstić information content (AvgIpc) is 2.36. The summed E-state index contributed by atoms with van der Waals surface area (Å²) in [5.74, 6) is -1.54. The van der Waals surface area contributed by atoms with Crippen LogP contribution in [0.15, 0.2) is 40.9 Å². The van der Waals surface area contributed by atoms with E-state index in [1.54, 1.807) is 0 Å². The molecule has 0 atom stereocenters. The van der Waals surface area contributed by atoms with Crippen LogP contribution in [0.5, 0.6) is 11.5 Å². The third kappa shape index (κ3) is 3.05. The summed E-state index contributed by atoms with van der Waals surface area (Å²) in [5.41, 5.74) is -0.0872. The summed E-state index contributed by atoms with van der Waals surface area (Å²) >= 11 is 8.92. The minimum Gasteiger partial charge on any atom is -0.478 e. The summed E-state index contributed by atoms with van der Waals surface area (Å²) in [5, 5.41) is 9.19. The second-order valence-corrected chi connectivity index (χ2v) is 4.86. The normalized spacial score (nSPS) is 10.3. The van der Waals surface area contributed by atoms with E-state index in [9.17, 15) is 9.18 Å². The first-order chi connectivity index (χ1) is 8.99. The van der Waals surface area contributed by atoms with Crippen molar-refractivity contribution in [2.75, 3.05) is 0 Å². The number of carboxylic acid groups (broad SMARTS) is 1. The highest BCUT2D eigenvalue weighted by molar-refractivity contribution is 9.10. The van der Waals surface area contributed by atoms with Crippen LogP contribution in [0.4, 0.5) is 4.39 Å². The number of halogens is 3. The number of ether oxygens (including phenoxy) is 1. The van der Waals surface area contributed by atoms with Gasteiger partial charge < -0.3 is 9.84 Å². The van der Waals surface area contributed by atoms with E-state index in [4.69, 9.17) is 21.4 Å². The van der Waals surface area contributed by atoms with Crippen molar-refractivity contribution in [1.82, 2.24) is 0 Å².